The number of benzene rings is 1. The van der Waals surface area contributed by atoms with Crippen molar-refractivity contribution in [2.24, 2.45) is 11.7 Å². The van der Waals surface area contributed by atoms with Crippen LogP contribution in [0.2, 0.25) is 6.32 Å². The Morgan fingerprint density at radius 2 is 1.50 bits per heavy atom. The van der Waals surface area contributed by atoms with Crippen molar-refractivity contribution in [3.05, 3.63) is 42.0 Å². The van der Waals surface area contributed by atoms with Gasteiger partial charge >= 0.3 is 12.1 Å². The van der Waals surface area contributed by atoms with Crippen LogP contribution in [0.4, 0.5) is 15.3 Å². The van der Waals surface area contributed by atoms with Crippen LogP contribution in [0, 0.1) is 5.92 Å². The van der Waals surface area contributed by atoms with Gasteiger partial charge in [-0.3, -0.25) is 33.7 Å². The van der Waals surface area contributed by atoms with Crippen molar-refractivity contribution >= 4 is 61.1 Å². The number of alkyl carbamates (subject to hydrolysis) is 1. The van der Waals surface area contributed by atoms with Crippen molar-refractivity contribution in [1.82, 2.24) is 31.5 Å². The first-order valence-corrected chi connectivity index (χ1v) is 17.5. The summed E-state index contributed by atoms with van der Waals surface area (Å²) in [5.41, 5.74) is 6.16. The summed E-state index contributed by atoms with van der Waals surface area (Å²) in [7, 11) is 1.93. The maximum absolute atomic E-state index is 13.4. The van der Waals surface area contributed by atoms with Crippen molar-refractivity contribution < 1.29 is 43.1 Å². The number of imide groups is 1. The second-order valence-electron chi connectivity index (χ2n) is 12.7. The van der Waals surface area contributed by atoms with Gasteiger partial charge in [0.25, 0.3) is 11.8 Å². The van der Waals surface area contributed by atoms with Crippen molar-refractivity contribution in [2.75, 3.05) is 25.0 Å². The molecule has 0 saturated heterocycles. The highest BCUT2D eigenvalue weighted by atomic mass is 16.5. The van der Waals surface area contributed by atoms with E-state index in [1.807, 2.05) is 14.8 Å². The molecule has 9 amide bonds. The highest BCUT2D eigenvalue weighted by Crippen LogP contribution is 2.13. The van der Waals surface area contributed by atoms with Gasteiger partial charge in [-0.1, -0.05) is 38.7 Å². The van der Waals surface area contributed by atoms with E-state index in [0.29, 0.717) is 36.9 Å². The van der Waals surface area contributed by atoms with Gasteiger partial charge in [0.15, 0.2) is 0 Å². The molecular weight excluding hydrogens is 675 g/mol. The molecule has 0 bridgehead atoms. The van der Waals surface area contributed by atoms with Crippen LogP contribution in [0.15, 0.2) is 36.4 Å². The van der Waals surface area contributed by atoms with E-state index in [0.717, 1.165) is 11.2 Å². The fourth-order valence-electron chi connectivity index (χ4n) is 4.91. The molecule has 8 N–H and O–H groups in total. The summed E-state index contributed by atoms with van der Waals surface area (Å²) >= 11 is 0. The number of ether oxygens (including phenoxy) is 1. The zero-order valence-corrected chi connectivity index (χ0v) is 30.3. The number of nitrogens with zero attached hydrogens (tertiary/aromatic N) is 1. The minimum Gasteiger partial charge on any atom is -0.445 e. The molecule has 17 nitrogen and oxygen atoms in total. The molecular formula is C34H51BN8O9. The maximum atomic E-state index is 13.4. The summed E-state index contributed by atoms with van der Waals surface area (Å²) in [4.78, 5) is 98.9. The van der Waals surface area contributed by atoms with E-state index in [9.17, 15) is 38.4 Å². The van der Waals surface area contributed by atoms with Crippen LogP contribution in [0.1, 0.15) is 64.9 Å². The molecule has 52 heavy (non-hydrogen) atoms. The first-order chi connectivity index (χ1) is 24.7. The predicted molar refractivity (Wildman–Crippen MR) is 194 cm³/mol. The van der Waals surface area contributed by atoms with Gasteiger partial charge in [0.05, 0.1) is 0 Å². The van der Waals surface area contributed by atoms with Crippen molar-refractivity contribution in [2.45, 2.75) is 90.3 Å². The average molecular weight is 727 g/mol. The molecule has 0 aromatic heterocycles. The monoisotopic (exact) mass is 726 g/mol. The number of carbonyl (C=O) groups is 8. The van der Waals surface area contributed by atoms with Crippen molar-refractivity contribution in [1.29, 1.82) is 0 Å². The molecule has 3 atom stereocenters. The summed E-state index contributed by atoms with van der Waals surface area (Å²) in [6.45, 7) is 5.50. The Hall–Kier alpha value is -5.42. The van der Waals surface area contributed by atoms with Crippen LogP contribution in [0.25, 0.3) is 0 Å². The third kappa shape index (κ3) is 16.1. The third-order valence-corrected chi connectivity index (χ3v) is 8.06. The Balaban J connectivity index is 1.91. The Labute approximate surface area is 304 Å². The van der Waals surface area contributed by atoms with E-state index >= 15 is 0 Å². The molecule has 284 valence electrons. The lowest BCUT2D eigenvalue weighted by Crippen LogP contribution is -2.54. The Kier molecular flexibility index (Phi) is 18.4. The molecule has 1 aromatic carbocycles. The standard InChI is InChI=1S/C34H51BN8O9/c1-21(2)30(42-26(44)9-5-4-6-17-43-28(46)14-15-29(43)47)32(49)41-25(8-7-16-37-33(36)50)31(48)40-24-12-10-23(11-13-24)20-52-34(51)38-19-27(45)39-22(3)18-35/h10-15,21-22,25,30H,4-9,16-20,35H2,1-3H3,(H,38,51)(H,39,45)(H,40,48)(H,41,49)(H,42,44)(H3,36,37,50)/t22-,25-,30?/m1/s1. The number of primary amides is 1. The average Bonchev–Trinajstić information content (AvgIpc) is 3.42. The van der Waals surface area contributed by atoms with Crippen LogP contribution in [-0.4, -0.2) is 98.1 Å². The number of hydrogen-bond acceptors (Lipinski definition) is 9. The maximum Gasteiger partial charge on any atom is 0.407 e. The molecule has 0 fully saturated rings. The van der Waals surface area contributed by atoms with E-state index < -0.39 is 36.0 Å². The largest absolute Gasteiger partial charge is 0.445 e. The molecule has 0 saturated carbocycles. The lowest BCUT2D eigenvalue weighted by molar-refractivity contribution is -0.137. The van der Waals surface area contributed by atoms with E-state index in [1.165, 1.54) is 12.2 Å². The SMILES string of the molecule is BC[C@@H](C)NC(=O)CNC(=O)OCc1ccc(NC(=O)[C@@H](CCCNC(N)=O)NC(=O)C(NC(=O)CCCCCN2C(=O)C=CC2=O)C(C)C)cc1. The summed E-state index contributed by atoms with van der Waals surface area (Å²) in [6.07, 6.45) is 4.62. The van der Waals surface area contributed by atoms with Gasteiger partial charge in [-0.05, 0) is 56.2 Å². The molecule has 1 aliphatic rings. The van der Waals surface area contributed by atoms with Gasteiger partial charge in [0.1, 0.15) is 33.1 Å². The van der Waals surface area contributed by atoms with Gasteiger partial charge < -0.3 is 42.4 Å². The number of amides is 9. The van der Waals surface area contributed by atoms with Gasteiger partial charge in [0, 0.05) is 43.4 Å². The molecule has 0 radical (unpaired) electrons. The number of carbonyl (C=O) groups excluding carboxylic acids is 8. The van der Waals surface area contributed by atoms with Gasteiger partial charge in [-0.25, -0.2) is 9.59 Å². The molecule has 0 aliphatic carbocycles. The first-order valence-electron chi connectivity index (χ1n) is 17.5. The van der Waals surface area contributed by atoms with Gasteiger partial charge in [-0.2, -0.15) is 0 Å². The van der Waals surface area contributed by atoms with E-state index in [-0.39, 0.29) is 74.7 Å². The van der Waals surface area contributed by atoms with Crippen LogP contribution in [0.5, 0.6) is 0 Å². The Morgan fingerprint density at radius 3 is 2.12 bits per heavy atom. The Bertz CT molecular complexity index is 1440. The number of nitrogens with one attached hydrogen (secondary N) is 6. The third-order valence-electron chi connectivity index (χ3n) is 8.06. The highest BCUT2D eigenvalue weighted by molar-refractivity contribution is 6.12. The second-order valence-corrected chi connectivity index (χ2v) is 12.7. The normalized spacial score (nSPS) is 13.9. The first kappa shape index (κ1) is 42.8. The van der Waals surface area contributed by atoms with Crippen LogP contribution >= 0.6 is 0 Å². The number of rotatable bonds is 22. The van der Waals surface area contributed by atoms with E-state index in [1.54, 1.807) is 38.1 Å². The molecule has 18 heteroatoms. The fourth-order valence-corrected chi connectivity index (χ4v) is 4.91. The number of unbranched alkanes of at least 4 members (excludes halogenated alkanes) is 2. The predicted octanol–water partition coefficient (Wildman–Crippen LogP) is -0.0331. The van der Waals surface area contributed by atoms with Crippen LogP contribution in [-0.2, 0) is 40.1 Å². The zero-order chi connectivity index (χ0) is 38.6. The topological polar surface area (TPSA) is 247 Å². The zero-order valence-electron chi connectivity index (χ0n) is 30.3. The van der Waals surface area contributed by atoms with E-state index in [2.05, 4.69) is 31.9 Å². The number of nitrogens with two attached hydrogens (primary N) is 1. The van der Waals surface area contributed by atoms with Crippen LogP contribution in [0.3, 0.4) is 0 Å². The quantitative estimate of drug-likeness (QED) is 0.0481. The van der Waals surface area contributed by atoms with Crippen molar-refractivity contribution in [3.8, 4) is 0 Å². The minimum atomic E-state index is -1.03. The summed E-state index contributed by atoms with van der Waals surface area (Å²) in [5, 5.41) is 15.8. The molecule has 0 spiro atoms. The van der Waals surface area contributed by atoms with Gasteiger partial charge in [0.2, 0.25) is 23.6 Å². The number of urea groups is 1. The lowest BCUT2D eigenvalue weighted by Gasteiger charge is -2.25. The molecule has 1 unspecified atom stereocenters. The van der Waals surface area contributed by atoms with Crippen LogP contribution < -0.4 is 37.6 Å². The molecule has 1 heterocycles. The fraction of sp³-hybridized carbons (Fsp3) is 0.529. The smallest absolute Gasteiger partial charge is 0.407 e. The summed E-state index contributed by atoms with van der Waals surface area (Å²) < 4.78 is 5.15. The molecule has 2 rings (SSSR count). The minimum absolute atomic E-state index is 0.0131. The number of anilines is 1. The second kappa shape index (κ2) is 22.4. The summed E-state index contributed by atoms with van der Waals surface area (Å²) in [6, 6.07) is 3.74. The van der Waals surface area contributed by atoms with Gasteiger partial charge in [-0.15, -0.1) is 0 Å². The number of hydrogen-bond donors (Lipinski definition) is 7. The van der Waals surface area contributed by atoms with E-state index in [4.69, 9.17) is 10.5 Å². The highest BCUT2D eigenvalue weighted by Gasteiger charge is 2.29. The van der Waals surface area contributed by atoms with Crippen molar-refractivity contribution in [3.63, 3.8) is 0 Å². The molecule has 1 aromatic rings. The molecule has 1 aliphatic heterocycles. The summed E-state index contributed by atoms with van der Waals surface area (Å²) in [5.74, 6) is -2.81. The Morgan fingerprint density at radius 1 is 0.827 bits per heavy atom. The lowest BCUT2D eigenvalue weighted by atomic mass is 9.99.